The number of fused-ring (bicyclic) bond motifs is 1. The highest BCUT2D eigenvalue weighted by atomic mass is 19.1. The van der Waals surface area contributed by atoms with Gasteiger partial charge in [0.1, 0.15) is 35.0 Å². The molecule has 1 unspecified atom stereocenters. The fraction of sp³-hybridized carbons (Fsp3) is 0.360. The smallest absolute Gasteiger partial charge is 0.201 e. The molecule has 0 aromatic carbocycles. The summed E-state index contributed by atoms with van der Waals surface area (Å²) < 4.78 is 21.3. The van der Waals surface area contributed by atoms with Crippen LogP contribution in [0.2, 0.25) is 0 Å². The average Bonchev–Trinajstić information content (AvgIpc) is 3.32. The highest BCUT2D eigenvalue weighted by molar-refractivity contribution is 6.47. The number of nitrogens with two attached hydrogens (primary N) is 1. The molecule has 184 valence electrons. The van der Waals surface area contributed by atoms with E-state index in [2.05, 4.69) is 27.3 Å². The van der Waals surface area contributed by atoms with E-state index in [9.17, 15) is 9.65 Å². The summed E-state index contributed by atoms with van der Waals surface area (Å²) in [6, 6.07) is 8.61. The lowest BCUT2D eigenvalue weighted by Gasteiger charge is -2.26. The fourth-order valence-electron chi connectivity index (χ4n) is 4.26. The number of piperidine rings is 1. The Hall–Kier alpha value is -4.51. The molecule has 3 aromatic heterocycles. The summed E-state index contributed by atoms with van der Waals surface area (Å²) in [4.78, 5) is 15.1. The maximum Gasteiger partial charge on any atom is 0.201 e. The van der Waals surface area contributed by atoms with Gasteiger partial charge < -0.3 is 15.5 Å². The van der Waals surface area contributed by atoms with Crippen molar-refractivity contribution >= 4 is 17.1 Å². The normalized spacial score (nSPS) is 16.0. The molecule has 4 heterocycles. The maximum atomic E-state index is 13.4. The van der Waals surface area contributed by atoms with Crippen LogP contribution in [0.3, 0.4) is 0 Å². The Labute approximate surface area is 208 Å². The van der Waals surface area contributed by atoms with Crippen LogP contribution in [-0.2, 0) is 0 Å². The number of rotatable bonds is 7. The molecule has 0 amide bonds. The van der Waals surface area contributed by atoms with Crippen molar-refractivity contribution in [2.24, 2.45) is 15.9 Å². The van der Waals surface area contributed by atoms with Crippen LogP contribution < -0.4 is 10.6 Å². The standard InChI is InChI=1S/C25H26FN9O/c1-3-22(21-5-4-18(26)13-30-21)36-24-11-17(10-23-31-14-20(12-27)35(23)24)25(33-29)16(2)32-19-6-8-34(15-28)9-7-19/h4-5,10-11,13-14,19,22H,3,6-9,29H2,1-2H3/b32-16?,33-25+. The number of imidazole rings is 1. The van der Waals surface area contributed by atoms with Crippen molar-refractivity contribution in [2.75, 3.05) is 13.1 Å². The monoisotopic (exact) mass is 487 g/mol. The van der Waals surface area contributed by atoms with E-state index in [4.69, 9.17) is 20.8 Å². The number of hydrogen-bond donors (Lipinski definition) is 1. The van der Waals surface area contributed by atoms with E-state index in [1.54, 1.807) is 27.5 Å². The number of nitrogens with zero attached hydrogens (tertiary/aromatic N) is 8. The van der Waals surface area contributed by atoms with Gasteiger partial charge in [0, 0.05) is 24.7 Å². The number of aliphatic imine (C=N–C) groups is 1. The van der Waals surface area contributed by atoms with E-state index in [0.29, 0.717) is 59.4 Å². The summed E-state index contributed by atoms with van der Waals surface area (Å²) in [5.74, 6) is 5.72. The predicted molar refractivity (Wildman–Crippen MR) is 132 cm³/mol. The minimum Gasteiger partial charge on any atom is -0.469 e. The molecular formula is C25H26FN9O. The third-order valence-corrected chi connectivity index (χ3v) is 6.13. The van der Waals surface area contributed by atoms with Crippen molar-refractivity contribution < 1.29 is 9.13 Å². The van der Waals surface area contributed by atoms with Crippen molar-refractivity contribution in [1.82, 2.24) is 19.3 Å². The van der Waals surface area contributed by atoms with Crippen molar-refractivity contribution in [3.63, 3.8) is 0 Å². The molecule has 11 heteroatoms. The minimum absolute atomic E-state index is 0.0661. The van der Waals surface area contributed by atoms with Crippen molar-refractivity contribution in [2.45, 2.75) is 45.3 Å². The molecule has 0 radical (unpaired) electrons. The van der Waals surface area contributed by atoms with Gasteiger partial charge in [-0.15, -0.1) is 0 Å². The molecule has 0 bridgehead atoms. The Morgan fingerprint density at radius 1 is 1.25 bits per heavy atom. The fourth-order valence-corrected chi connectivity index (χ4v) is 4.26. The molecule has 36 heavy (non-hydrogen) atoms. The van der Waals surface area contributed by atoms with E-state index in [1.807, 2.05) is 13.8 Å². The van der Waals surface area contributed by atoms with Gasteiger partial charge in [-0.1, -0.05) is 6.92 Å². The number of halogens is 1. The minimum atomic E-state index is -0.489. The SMILES string of the molecule is CCC(Oc1cc(/C(=N/N)C(C)=NC2CCN(C#N)CC2)cc2ncc(C#N)n12)c1ccc(F)cn1. The first-order valence-electron chi connectivity index (χ1n) is 11.6. The zero-order chi connectivity index (χ0) is 25.7. The number of nitriles is 2. The van der Waals surface area contributed by atoms with Gasteiger partial charge >= 0.3 is 0 Å². The summed E-state index contributed by atoms with van der Waals surface area (Å²) >= 11 is 0. The van der Waals surface area contributed by atoms with Crippen LogP contribution in [0.15, 0.2) is 46.8 Å². The zero-order valence-electron chi connectivity index (χ0n) is 20.1. The molecule has 0 aliphatic carbocycles. The zero-order valence-corrected chi connectivity index (χ0v) is 20.1. The van der Waals surface area contributed by atoms with Gasteiger partial charge in [0.15, 0.2) is 6.19 Å². The third-order valence-electron chi connectivity index (χ3n) is 6.13. The summed E-state index contributed by atoms with van der Waals surface area (Å²) in [6.45, 7) is 5.10. The first-order chi connectivity index (χ1) is 17.5. The molecule has 1 atom stereocenters. The van der Waals surface area contributed by atoms with Crippen LogP contribution in [0.1, 0.15) is 56.2 Å². The van der Waals surface area contributed by atoms with Gasteiger partial charge in [-0.3, -0.25) is 14.4 Å². The molecule has 0 spiro atoms. The van der Waals surface area contributed by atoms with Gasteiger partial charge in [0.25, 0.3) is 0 Å². The predicted octanol–water partition coefficient (Wildman–Crippen LogP) is 3.34. The van der Waals surface area contributed by atoms with E-state index in [0.717, 1.165) is 19.0 Å². The topological polar surface area (TPSA) is 141 Å². The Kier molecular flexibility index (Phi) is 7.40. The summed E-state index contributed by atoms with van der Waals surface area (Å²) in [6.07, 6.45) is 6.39. The number of pyridine rings is 2. The molecular weight excluding hydrogens is 461 g/mol. The Bertz CT molecular complexity index is 1370. The van der Waals surface area contributed by atoms with Crippen LogP contribution in [0.4, 0.5) is 4.39 Å². The molecule has 1 aliphatic heterocycles. The van der Waals surface area contributed by atoms with Crippen molar-refractivity contribution in [3.8, 4) is 18.1 Å². The van der Waals surface area contributed by atoms with Crippen LogP contribution in [0, 0.1) is 28.6 Å². The molecule has 1 fully saturated rings. The molecule has 2 N–H and O–H groups in total. The van der Waals surface area contributed by atoms with Gasteiger partial charge in [0.05, 0.1) is 29.8 Å². The maximum absolute atomic E-state index is 13.4. The number of hydrazone groups is 1. The molecule has 3 aromatic rings. The summed E-state index contributed by atoms with van der Waals surface area (Å²) in [5, 5.41) is 22.7. The first-order valence-corrected chi connectivity index (χ1v) is 11.6. The summed E-state index contributed by atoms with van der Waals surface area (Å²) in [5.41, 5.74) is 3.10. The molecule has 4 rings (SSSR count). The highest BCUT2D eigenvalue weighted by Gasteiger charge is 2.22. The van der Waals surface area contributed by atoms with Crippen LogP contribution in [0.25, 0.3) is 5.65 Å². The number of likely N-dealkylation sites (tertiary alicyclic amines) is 1. The van der Waals surface area contributed by atoms with E-state index in [-0.39, 0.29) is 6.04 Å². The molecule has 10 nitrogen and oxygen atoms in total. The lowest BCUT2D eigenvalue weighted by Crippen LogP contribution is -2.32. The van der Waals surface area contributed by atoms with Crippen molar-refractivity contribution in [3.05, 3.63) is 59.4 Å². The Balaban J connectivity index is 1.71. The molecule has 1 saturated heterocycles. The van der Waals surface area contributed by atoms with E-state index >= 15 is 0 Å². The number of aromatic nitrogens is 3. The average molecular weight is 488 g/mol. The van der Waals surface area contributed by atoms with Gasteiger partial charge in [-0.2, -0.15) is 15.6 Å². The first kappa shape index (κ1) is 24.6. The van der Waals surface area contributed by atoms with Crippen LogP contribution >= 0.6 is 0 Å². The second kappa shape index (κ2) is 10.8. The second-order valence-electron chi connectivity index (χ2n) is 8.46. The number of ether oxygens (including phenoxy) is 1. The van der Waals surface area contributed by atoms with E-state index < -0.39 is 11.9 Å². The molecule has 0 saturated carbocycles. The Morgan fingerprint density at radius 2 is 2.03 bits per heavy atom. The van der Waals surface area contributed by atoms with Gasteiger partial charge in [-0.25, -0.2) is 9.37 Å². The van der Waals surface area contributed by atoms with Gasteiger partial charge in [-0.05, 0) is 44.4 Å². The quantitative estimate of drug-likeness (QED) is 0.233. The van der Waals surface area contributed by atoms with Gasteiger partial charge in [0.2, 0.25) is 5.88 Å². The van der Waals surface area contributed by atoms with E-state index in [1.165, 1.54) is 12.3 Å². The van der Waals surface area contributed by atoms with Crippen LogP contribution in [0.5, 0.6) is 5.88 Å². The lowest BCUT2D eigenvalue weighted by molar-refractivity contribution is 0.185. The van der Waals surface area contributed by atoms with Crippen LogP contribution in [-0.4, -0.2) is 49.8 Å². The molecule has 1 aliphatic rings. The number of hydrogen-bond acceptors (Lipinski definition) is 9. The summed E-state index contributed by atoms with van der Waals surface area (Å²) in [7, 11) is 0. The largest absolute Gasteiger partial charge is 0.469 e. The Morgan fingerprint density at radius 3 is 2.64 bits per heavy atom. The second-order valence-corrected chi connectivity index (χ2v) is 8.46. The lowest BCUT2D eigenvalue weighted by atomic mass is 10.0. The highest BCUT2D eigenvalue weighted by Crippen LogP contribution is 2.28. The third kappa shape index (κ3) is 5.10. The van der Waals surface area contributed by atoms with Crippen molar-refractivity contribution in [1.29, 1.82) is 10.5 Å².